The second-order valence-electron chi connectivity index (χ2n) is 4.71. The van der Waals surface area contributed by atoms with E-state index in [1.807, 2.05) is 0 Å². The van der Waals surface area contributed by atoms with Crippen molar-refractivity contribution in [2.45, 2.75) is 26.2 Å². The highest BCUT2D eigenvalue weighted by atomic mass is 79.9. The predicted molar refractivity (Wildman–Crippen MR) is 81.6 cm³/mol. The van der Waals surface area contributed by atoms with Gasteiger partial charge in [0.15, 0.2) is 0 Å². The molecule has 1 aromatic rings. The fourth-order valence-corrected chi connectivity index (χ4v) is 2.25. The van der Waals surface area contributed by atoms with Crippen molar-refractivity contribution >= 4 is 27.6 Å². The summed E-state index contributed by atoms with van der Waals surface area (Å²) in [5.41, 5.74) is 0.375. The maximum atomic E-state index is 11.9. The number of aliphatic hydroxyl groups excluding tert-OH is 1. The quantitative estimate of drug-likeness (QED) is 0.564. The number of rotatable bonds is 8. The number of carbonyl (C=O) groups is 2. The molecule has 0 saturated carbocycles. The number of halogens is 1. The topological polar surface area (TPSA) is 66.4 Å². The van der Waals surface area contributed by atoms with E-state index in [2.05, 4.69) is 28.2 Å². The van der Waals surface area contributed by atoms with Crippen molar-refractivity contribution in [2.75, 3.05) is 13.2 Å². The number of ketones is 1. The molecule has 0 heterocycles. The van der Waals surface area contributed by atoms with Crippen LogP contribution in [0.3, 0.4) is 0 Å². The lowest BCUT2D eigenvalue weighted by Gasteiger charge is -2.15. The van der Waals surface area contributed by atoms with Gasteiger partial charge in [0.05, 0.1) is 0 Å². The third-order valence-corrected chi connectivity index (χ3v) is 3.63. The van der Waals surface area contributed by atoms with E-state index in [9.17, 15) is 9.59 Å². The lowest BCUT2D eigenvalue weighted by Crippen LogP contribution is -2.35. The smallest absolute Gasteiger partial charge is 0.292 e. The van der Waals surface area contributed by atoms with Crippen LogP contribution >= 0.6 is 15.9 Å². The van der Waals surface area contributed by atoms with Gasteiger partial charge in [-0.25, -0.2) is 0 Å². The number of Topliss-reactive ketones (excluding diaryl/α,β-unsaturated/α-hetero) is 1. The first kappa shape index (κ1) is 16.9. The van der Waals surface area contributed by atoms with E-state index in [1.165, 1.54) is 0 Å². The summed E-state index contributed by atoms with van der Waals surface area (Å²) in [6.45, 7) is 2.58. The molecular weight excluding hydrogens is 322 g/mol. The van der Waals surface area contributed by atoms with Crippen molar-refractivity contribution < 1.29 is 14.7 Å². The summed E-state index contributed by atoms with van der Waals surface area (Å²) in [7, 11) is 0. The predicted octanol–water partition coefficient (Wildman–Crippen LogP) is 2.55. The average Bonchev–Trinajstić information content (AvgIpc) is 2.45. The van der Waals surface area contributed by atoms with E-state index >= 15 is 0 Å². The van der Waals surface area contributed by atoms with Crippen molar-refractivity contribution in [3.8, 4) is 0 Å². The minimum atomic E-state index is -0.591. The van der Waals surface area contributed by atoms with Gasteiger partial charge >= 0.3 is 0 Å². The normalized spacial score (nSPS) is 11.9. The molecule has 110 valence electrons. The number of hydrogen-bond donors (Lipinski definition) is 2. The van der Waals surface area contributed by atoms with E-state index in [-0.39, 0.29) is 12.5 Å². The monoisotopic (exact) mass is 341 g/mol. The van der Waals surface area contributed by atoms with Crippen LogP contribution in [0.2, 0.25) is 0 Å². The summed E-state index contributed by atoms with van der Waals surface area (Å²) in [5, 5.41) is 11.6. The summed E-state index contributed by atoms with van der Waals surface area (Å²) in [5.74, 6) is -0.908. The second kappa shape index (κ2) is 8.87. The zero-order valence-corrected chi connectivity index (χ0v) is 13.1. The van der Waals surface area contributed by atoms with Crippen LogP contribution in [0.15, 0.2) is 28.7 Å². The van der Waals surface area contributed by atoms with Gasteiger partial charge in [-0.1, -0.05) is 29.3 Å². The molecule has 1 unspecified atom stereocenters. The first-order valence-corrected chi connectivity index (χ1v) is 7.56. The van der Waals surface area contributed by atoms with Gasteiger partial charge in [0.25, 0.3) is 5.91 Å². The van der Waals surface area contributed by atoms with Crippen LogP contribution in [0.4, 0.5) is 0 Å². The van der Waals surface area contributed by atoms with Crippen LogP contribution in [0.5, 0.6) is 0 Å². The van der Waals surface area contributed by atoms with E-state index < -0.39 is 11.7 Å². The van der Waals surface area contributed by atoms with Gasteiger partial charge in [-0.3, -0.25) is 9.59 Å². The number of benzene rings is 1. The van der Waals surface area contributed by atoms with E-state index in [0.29, 0.717) is 18.5 Å². The lowest BCUT2D eigenvalue weighted by atomic mass is 10.00. The second-order valence-corrected chi connectivity index (χ2v) is 5.63. The molecule has 0 saturated heterocycles. The highest BCUT2D eigenvalue weighted by Crippen LogP contribution is 2.12. The van der Waals surface area contributed by atoms with Crippen LogP contribution < -0.4 is 5.32 Å². The molecule has 1 amide bonds. The van der Waals surface area contributed by atoms with Crippen molar-refractivity contribution in [2.24, 2.45) is 5.92 Å². The molecule has 0 bridgehead atoms. The van der Waals surface area contributed by atoms with Gasteiger partial charge in [-0.2, -0.15) is 0 Å². The standard InChI is InChI=1S/C15H20BrNO3/c1-2-3-11(8-9-18)10-17-15(20)14(19)12-4-6-13(16)7-5-12/h4-7,11,18H,2-3,8-10H2,1H3,(H,17,20). The summed E-state index contributed by atoms with van der Waals surface area (Å²) in [6, 6.07) is 6.69. The Balaban J connectivity index is 2.53. The molecule has 1 atom stereocenters. The van der Waals surface area contributed by atoms with Crippen molar-refractivity contribution in [1.82, 2.24) is 5.32 Å². The van der Waals surface area contributed by atoms with Crippen LogP contribution in [-0.2, 0) is 4.79 Å². The molecule has 2 N–H and O–H groups in total. The number of carbonyl (C=O) groups excluding carboxylic acids is 2. The molecule has 0 aliphatic carbocycles. The Labute approximate surface area is 127 Å². The van der Waals surface area contributed by atoms with Gasteiger partial charge in [0.2, 0.25) is 5.78 Å². The Morgan fingerprint density at radius 1 is 1.25 bits per heavy atom. The molecule has 0 aliphatic heterocycles. The maximum absolute atomic E-state index is 11.9. The zero-order valence-electron chi connectivity index (χ0n) is 11.6. The van der Waals surface area contributed by atoms with Gasteiger partial charge < -0.3 is 10.4 Å². The van der Waals surface area contributed by atoms with Crippen molar-refractivity contribution in [1.29, 1.82) is 0 Å². The van der Waals surface area contributed by atoms with E-state index in [4.69, 9.17) is 5.11 Å². The Morgan fingerprint density at radius 3 is 2.45 bits per heavy atom. The molecule has 0 fully saturated rings. The summed E-state index contributed by atoms with van der Waals surface area (Å²) < 4.78 is 0.861. The van der Waals surface area contributed by atoms with Crippen LogP contribution in [-0.4, -0.2) is 29.9 Å². The number of nitrogens with one attached hydrogen (secondary N) is 1. The Kier molecular flexibility index (Phi) is 7.47. The Morgan fingerprint density at radius 2 is 1.90 bits per heavy atom. The number of amides is 1. The largest absolute Gasteiger partial charge is 0.396 e. The lowest BCUT2D eigenvalue weighted by molar-refractivity contribution is -0.117. The van der Waals surface area contributed by atoms with Crippen LogP contribution in [0.1, 0.15) is 36.5 Å². The Bertz CT molecular complexity index is 439. The van der Waals surface area contributed by atoms with E-state index in [0.717, 1.165) is 17.3 Å². The fourth-order valence-electron chi connectivity index (χ4n) is 1.99. The molecule has 0 spiro atoms. The zero-order chi connectivity index (χ0) is 15.0. The highest BCUT2D eigenvalue weighted by molar-refractivity contribution is 9.10. The fraction of sp³-hybridized carbons (Fsp3) is 0.467. The molecule has 5 heteroatoms. The molecule has 0 radical (unpaired) electrons. The molecule has 20 heavy (non-hydrogen) atoms. The maximum Gasteiger partial charge on any atom is 0.292 e. The summed E-state index contributed by atoms with van der Waals surface area (Å²) in [4.78, 5) is 23.7. The molecular formula is C15H20BrNO3. The van der Waals surface area contributed by atoms with Crippen molar-refractivity contribution in [3.63, 3.8) is 0 Å². The minimum absolute atomic E-state index is 0.0984. The molecule has 1 aromatic carbocycles. The van der Waals surface area contributed by atoms with E-state index in [1.54, 1.807) is 24.3 Å². The third kappa shape index (κ3) is 5.43. The number of aliphatic hydroxyl groups is 1. The van der Waals surface area contributed by atoms with Gasteiger partial charge in [0, 0.05) is 23.2 Å². The minimum Gasteiger partial charge on any atom is -0.396 e. The Hall–Kier alpha value is -1.20. The summed E-state index contributed by atoms with van der Waals surface area (Å²) >= 11 is 3.28. The number of hydrogen-bond acceptors (Lipinski definition) is 3. The molecule has 0 aliphatic rings. The first-order valence-electron chi connectivity index (χ1n) is 6.77. The van der Waals surface area contributed by atoms with Crippen LogP contribution in [0, 0.1) is 5.92 Å². The molecule has 1 rings (SSSR count). The third-order valence-electron chi connectivity index (χ3n) is 3.10. The van der Waals surface area contributed by atoms with Crippen molar-refractivity contribution in [3.05, 3.63) is 34.3 Å². The average molecular weight is 342 g/mol. The van der Waals surface area contributed by atoms with Gasteiger partial charge in [-0.15, -0.1) is 0 Å². The highest BCUT2D eigenvalue weighted by Gasteiger charge is 2.17. The first-order chi connectivity index (χ1) is 9.58. The molecule has 4 nitrogen and oxygen atoms in total. The van der Waals surface area contributed by atoms with Crippen LogP contribution in [0.25, 0.3) is 0 Å². The summed E-state index contributed by atoms with van der Waals surface area (Å²) in [6.07, 6.45) is 2.55. The van der Waals surface area contributed by atoms with Gasteiger partial charge in [0.1, 0.15) is 0 Å². The SMILES string of the molecule is CCCC(CCO)CNC(=O)C(=O)c1ccc(Br)cc1. The van der Waals surface area contributed by atoms with Gasteiger partial charge in [-0.05, 0) is 43.0 Å². The molecule has 0 aromatic heterocycles.